The van der Waals surface area contributed by atoms with Gasteiger partial charge in [-0.3, -0.25) is 14.9 Å². The Labute approximate surface area is 125 Å². The Kier molecular flexibility index (Phi) is 3.65. The summed E-state index contributed by atoms with van der Waals surface area (Å²) in [6.45, 7) is 1.34. The number of benzene rings is 1. The van der Waals surface area contributed by atoms with Crippen LogP contribution in [0.25, 0.3) is 23.1 Å². The van der Waals surface area contributed by atoms with Crippen molar-refractivity contribution in [1.29, 1.82) is 0 Å². The van der Waals surface area contributed by atoms with Crippen LogP contribution < -0.4 is 5.32 Å². The summed E-state index contributed by atoms with van der Waals surface area (Å²) in [6.07, 6.45) is 7.10. The molecule has 2 heterocycles. The zero-order valence-corrected chi connectivity index (χ0v) is 11.8. The zero-order chi connectivity index (χ0) is 15.5. The molecule has 0 bridgehead atoms. The molecule has 0 aliphatic carbocycles. The van der Waals surface area contributed by atoms with Gasteiger partial charge in [0.15, 0.2) is 0 Å². The summed E-state index contributed by atoms with van der Waals surface area (Å²) >= 11 is 0. The Morgan fingerprint density at radius 3 is 2.95 bits per heavy atom. The van der Waals surface area contributed by atoms with Crippen molar-refractivity contribution in [2.24, 2.45) is 0 Å². The topological polar surface area (TPSA) is 70.7 Å². The number of halogens is 1. The van der Waals surface area contributed by atoms with E-state index in [1.807, 2.05) is 24.3 Å². The molecule has 0 aliphatic rings. The number of carbonyl (C=O) groups is 1. The molecule has 3 aromatic rings. The van der Waals surface area contributed by atoms with Gasteiger partial charge >= 0.3 is 0 Å². The maximum Gasteiger partial charge on any atom is 0.221 e. The Morgan fingerprint density at radius 1 is 1.36 bits per heavy atom. The smallest absolute Gasteiger partial charge is 0.221 e. The van der Waals surface area contributed by atoms with E-state index in [1.165, 1.54) is 13.0 Å². The van der Waals surface area contributed by atoms with Gasteiger partial charge in [0, 0.05) is 30.8 Å². The lowest BCUT2D eigenvalue weighted by Gasteiger charge is -2.03. The summed E-state index contributed by atoms with van der Waals surface area (Å²) in [5.74, 6) is -0.830. The van der Waals surface area contributed by atoms with E-state index < -0.39 is 5.82 Å². The number of aromatic amines is 1. The fourth-order valence-corrected chi connectivity index (χ4v) is 2.12. The van der Waals surface area contributed by atoms with Gasteiger partial charge in [0.05, 0.1) is 16.9 Å². The van der Waals surface area contributed by atoms with Crippen LogP contribution in [0, 0.1) is 5.82 Å². The zero-order valence-electron chi connectivity index (χ0n) is 11.8. The SMILES string of the molecule is CC(=O)Nc1cc2c(C=Cc3cccnc3)n[nH]c2cc1F. The average molecular weight is 296 g/mol. The summed E-state index contributed by atoms with van der Waals surface area (Å²) in [7, 11) is 0. The first-order valence-corrected chi connectivity index (χ1v) is 6.67. The van der Waals surface area contributed by atoms with Crippen LogP contribution in [-0.2, 0) is 4.79 Å². The van der Waals surface area contributed by atoms with E-state index in [4.69, 9.17) is 0 Å². The summed E-state index contributed by atoms with van der Waals surface area (Å²) < 4.78 is 13.9. The standard InChI is InChI=1S/C16H13FN4O/c1-10(22)19-16-7-12-14(20-21-15(12)8-13(16)17)5-4-11-3-2-6-18-9-11/h2-9H,1H3,(H,19,22)(H,20,21). The third-order valence-electron chi connectivity index (χ3n) is 3.11. The van der Waals surface area contributed by atoms with Gasteiger partial charge in [0.1, 0.15) is 5.82 Å². The molecule has 2 N–H and O–H groups in total. The molecule has 22 heavy (non-hydrogen) atoms. The van der Waals surface area contributed by atoms with E-state index in [0.29, 0.717) is 11.2 Å². The molecule has 0 saturated heterocycles. The van der Waals surface area contributed by atoms with Gasteiger partial charge in [-0.1, -0.05) is 12.1 Å². The van der Waals surface area contributed by atoms with Crippen molar-refractivity contribution in [3.63, 3.8) is 0 Å². The van der Waals surface area contributed by atoms with Gasteiger partial charge in [-0.15, -0.1) is 0 Å². The van der Waals surface area contributed by atoms with E-state index >= 15 is 0 Å². The quantitative estimate of drug-likeness (QED) is 0.779. The van der Waals surface area contributed by atoms with Crippen LogP contribution >= 0.6 is 0 Å². The number of fused-ring (bicyclic) bond motifs is 1. The molecular weight excluding hydrogens is 283 g/mol. The molecule has 0 fully saturated rings. The first kappa shape index (κ1) is 13.9. The summed E-state index contributed by atoms with van der Waals surface area (Å²) in [5.41, 5.74) is 2.29. The molecule has 0 unspecified atom stereocenters. The number of nitrogens with one attached hydrogen (secondary N) is 2. The van der Waals surface area contributed by atoms with Crippen LogP contribution in [0.2, 0.25) is 0 Å². The van der Waals surface area contributed by atoms with Crippen LogP contribution in [0.1, 0.15) is 18.2 Å². The molecule has 0 radical (unpaired) electrons. The third-order valence-corrected chi connectivity index (χ3v) is 3.11. The minimum atomic E-state index is -0.505. The molecular formula is C16H13FN4O. The summed E-state index contributed by atoms with van der Waals surface area (Å²) in [6, 6.07) is 6.64. The summed E-state index contributed by atoms with van der Waals surface area (Å²) in [5, 5.41) is 10.1. The van der Waals surface area contributed by atoms with Crippen molar-refractivity contribution in [2.75, 3.05) is 5.32 Å². The van der Waals surface area contributed by atoms with Crippen molar-refractivity contribution >= 4 is 34.6 Å². The molecule has 1 amide bonds. The van der Waals surface area contributed by atoms with Crippen LogP contribution in [0.3, 0.4) is 0 Å². The average Bonchev–Trinajstić information content (AvgIpc) is 2.88. The highest BCUT2D eigenvalue weighted by atomic mass is 19.1. The normalized spacial score (nSPS) is 11.2. The fraction of sp³-hybridized carbons (Fsp3) is 0.0625. The number of amides is 1. The van der Waals surface area contributed by atoms with Gasteiger partial charge in [0.2, 0.25) is 5.91 Å². The van der Waals surface area contributed by atoms with Crippen molar-refractivity contribution in [1.82, 2.24) is 15.2 Å². The molecule has 6 heteroatoms. The van der Waals surface area contributed by atoms with Crippen LogP contribution in [-0.4, -0.2) is 21.1 Å². The Balaban J connectivity index is 2.00. The third kappa shape index (κ3) is 2.85. The minimum Gasteiger partial charge on any atom is -0.324 e. The highest BCUT2D eigenvalue weighted by Crippen LogP contribution is 2.25. The number of H-pyrrole nitrogens is 1. The van der Waals surface area contributed by atoms with Crippen LogP contribution in [0.5, 0.6) is 0 Å². The molecule has 0 spiro atoms. The molecule has 0 aliphatic heterocycles. The number of anilines is 1. The number of nitrogens with zero attached hydrogens (tertiary/aromatic N) is 2. The predicted octanol–water partition coefficient (Wildman–Crippen LogP) is 3.23. The van der Waals surface area contributed by atoms with E-state index in [9.17, 15) is 9.18 Å². The van der Waals surface area contributed by atoms with Gasteiger partial charge in [-0.05, 0) is 23.8 Å². The lowest BCUT2D eigenvalue weighted by molar-refractivity contribution is -0.114. The first-order valence-electron chi connectivity index (χ1n) is 6.67. The Bertz CT molecular complexity index is 855. The molecule has 0 atom stereocenters. The number of hydrogen-bond acceptors (Lipinski definition) is 3. The number of pyridine rings is 1. The van der Waals surface area contributed by atoms with Crippen molar-refractivity contribution in [2.45, 2.75) is 6.92 Å². The van der Waals surface area contributed by atoms with E-state index in [2.05, 4.69) is 20.5 Å². The molecule has 3 rings (SSSR count). The second-order valence-corrected chi connectivity index (χ2v) is 4.79. The highest BCUT2D eigenvalue weighted by Gasteiger charge is 2.10. The van der Waals surface area contributed by atoms with Crippen molar-refractivity contribution in [3.8, 4) is 0 Å². The van der Waals surface area contributed by atoms with Crippen molar-refractivity contribution in [3.05, 3.63) is 53.7 Å². The van der Waals surface area contributed by atoms with Crippen LogP contribution in [0.4, 0.5) is 10.1 Å². The lowest BCUT2D eigenvalue weighted by atomic mass is 10.1. The number of aromatic nitrogens is 3. The number of rotatable bonds is 3. The molecule has 1 aromatic carbocycles. The van der Waals surface area contributed by atoms with E-state index in [0.717, 1.165) is 10.9 Å². The highest BCUT2D eigenvalue weighted by molar-refractivity contribution is 5.95. The first-order chi connectivity index (χ1) is 10.6. The second-order valence-electron chi connectivity index (χ2n) is 4.79. The van der Waals surface area contributed by atoms with Gasteiger partial charge in [-0.2, -0.15) is 5.10 Å². The lowest BCUT2D eigenvalue weighted by Crippen LogP contribution is -2.07. The molecule has 2 aromatic heterocycles. The second kappa shape index (κ2) is 5.77. The largest absolute Gasteiger partial charge is 0.324 e. The van der Waals surface area contributed by atoms with Gasteiger partial charge < -0.3 is 5.32 Å². The molecule has 110 valence electrons. The number of hydrogen-bond donors (Lipinski definition) is 2. The van der Waals surface area contributed by atoms with Crippen molar-refractivity contribution < 1.29 is 9.18 Å². The Morgan fingerprint density at radius 2 is 2.23 bits per heavy atom. The van der Waals surface area contributed by atoms with Crippen LogP contribution in [0.15, 0.2) is 36.7 Å². The maximum atomic E-state index is 13.9. The van der Waals surface area contributed by atoms with E-state index in [-0.39, 0.29) is 11.6 Å². The maximum absolute atomic E-state index is 13.9. The van der Waals surface area contributed by atoms with E-state index in [1.54, 1.807) is 18.5 Å². The molecule has 0 saturated carbocycles. The monoisotopic (exact) mass is 296 g/mol. The molecule has 5 nitrogen and oxygen atoms in total. The number of carbonyl (C=O) groups excluding carboxylic acids is 1. The minimum absolute atomic E-state index is 0.137. The predicted molar refractivity (Wildman–Crippen MR) is 83.5 cm³/mol. The fourth-order valence-electron chi connectivity index (χ4n) is 2.12. The van der Waals surface area contributed by atoms with Gasteiger partial charge in [0.25, 0.3) is 0 Å². The Hall–Kier alpha value is -3.02. The summed E-state index contributed by atoms with van der Waals surface area (Å²) in [4.78, 5) is 15.1. The van der Waals surface area contributed by atoms with Gasteiger partial charge in [-0.25, -0.2) is 4.39 Å².